The van der Waals surface area contributed by atoms with Crippen molar-refractivity contribution in [2.24, 2.45) is 5.73 Å². The lowest BCUT2D eigenvalue weighted by Gasteiger charge is -2.04. The number of nitrogens with two attached hydrogens (primary N) is 2. The first-order chi connectivity index (χ1) is 5.65. The van der Waals surface area contributed by atoms with Crippen LogP contribution in [-0.2, 0) is 6.54 Å². The summed E-state index contributed by atoms with van der Waals surface area (Å²) in [5.74, 6) is -0.145. The molecule has 5 heteroatoms. The maximum absolute atomic E-state index is 12.1. The van der Waals surface area contributed by atoms with Gasteiger partial charge in [-0.15, -0.1) is 0 Å². The highest BCUT2D eigenvalue weighted by Crippen LogP contribution is 2.23. The van der Waals surface area contributed by atoms with Crippen LogP contribution in [0.3, 0.4) is 0 Å². The SMILES string of the molecule is NCc1ccc(C(F)F)c(N)n1. The smallest absolute Gasteiger partial charge is 0.267 e. The Hall–Kier alpha value is -1.23. The standard InChI is InChI=1S/C7H9F2N3/c8-6(9)5-2-1-4(3-10)12-7(5)11/h1-2,6H,3,10H2,(H2,11,12). The molecule has 1 heterocycles. The molecule has 66 valence electrons. The van der Waals surface area contributed by atoms with Crippen LogP contribution in [0.2, 0.25) is 0 Å². The van der Waals surface area contributed by atoms with Crippen molar-refractivity contribution >= 4 is 5.82 Å². The third kappa shape index (κ3) is 1.68. The molecule has 0 saturated heterocycles. The van der Waals surface area contributed by atoms with E-state index in [4.69, 9.17) is 11.5 Å². The number of hydrogen-bond acceptors (Lipinski definition) is 3. The second kappa shape index (κ2) is 3.44. The van der Waals surface area contributed by atoms with Gasteiger partial charge in [0.25, 0.3) is 6.43 Å². The lowest BCUT2D eigenvalue weighted by atomic mass is 10.2. The Morgan fingerprint density at radius 3 is 2.50 bits per heavy atom. The summed E-state index contributed by atoms with van der Waals surface area (Å²) in [4.78, 5) is 3.69. The van der Waals surface area contributed by atoms with Crippen LogP contribution in [0.1, 0.15) is 17.7 Å². The van der Waals surface area contributed by atoms with Crippen molar-refractivity contribution < 1.29 is 8.78 Å². The molecule has 12 heavy (non-hydrogen) atoms. The summed E-state index contributed by atoms with van der Waals surface area (Å²) in [5, 5.41) is 0. The van der Waals surface area contributed by atoms with Gasteiger partial charge in [0, 0.05) is 6.54 Å². The van der Waals surface area contributed by atoms with Gasteiger partial charge in [-0.1, -0.05) is 0 Å². The van der Waals surface area contributed by atoms with Gasteiger partial charge in [-0.2, -0.15) is 0 Å². The minimum atomic E-state index is -2.58. The van der Waals surface area contributed by atoms with Gasteiger partial charge in [-0.25, -0.2) is 13.8 Å². The number of rotatable bonds is 2. The first kappa shape index (κ1) is 8.86. The topological polar surface area (TPSA) is 64.9 Å². The Balaban J connectivity index is 3.03. The third-order valence-corrected chi connectivity index (χ3v) is 1.46. The number of halogens is 2. The highest BCUT2D eigenvalue weighted by Gasteiger charge is 2.11. The predicted octanol–water partition coefficient (Wildman–Crippen LogP) is 1.06. The van der Waals surface area contributed by atoms with Gasteiger partial charge < -0.3 is 11.5 Å². The summed E-state index contributed by atoms with van der Waals surface area (Å²) < 4.78 is 24.2. The molecule has 3 nitrogen and oxygen atoms in total. The lowest BCUT2D eigenvalue weighted by molar-refractivity contribution is 0.152. The summed E-state index contributed by atoms with van der Waals surface area (Å²) in [5.41, 5.74) is 10.8. The van der Waals surface area contributed by atoms with Gasteiger partial charge in [0.1, 0.15) is 5.82 Å². The quantitative estimate of drug-likeness (QED) is 0.702. The second-order valence-corrected chi connectivity index (χ2v) is 2.28. The van der Waals surface area contributed by atoms with E-state index in [1.165, 1.54) is 12.1 Å². The molecule has 0 aliphatic rings. The van der Waals surface area contributed by atoms with Gasteiger partial charge >= 0.3 is 0 Å². The van der Waals surface area contributed by atoms with E-state index in [-0.39, 0.29) is 17.9 Å². The molecule has 0 spiro atoms. The summed E-state index contributed by atoms with van der Waals surface area (Å²) in [6.45, 7) is 0.202. The Kier molecular flexibility index (Phi) is 2.54. The highest BCUT2D eigenvalue weighted by atomic mass is 19.3. The van der Waals surface area contributed by atoms with E-state index in [1.54, 1.807) is 0 Å². The zero-order valence-corrected chi connectivity index (χ0v) is 6.30. The second-order valence-electron chi connectivity index (χ2n) is 2.28. The van der Waals surface area contributed by atoms with Crippen LogP contribution in [-0.4, -0.2) is 4.98 Å². The highest BCUT2D eigenvalue weighted by molar-refractivity contribution is 5.40. The van der Waals surface area contributed by atoms with E-state index < -0.39 is 6.43 Å². The minimum Gasteiger partial charge on any atom is -0.383 e. The van der Waals surface area contributed by atoms with Crippen molar-refractivity contribution in [3.8, 4) is 0 Å². The zero-order chi connectivity index (χ0) is 9.14. The summed E-state index contributed by atoms with van der Waals surface area (Å²) >= 11 is 0. The van der Waals surface area contributed by atoms with E-state index in [2.05, 4.69) is 4.98 Å². The molecule has 0 fully saturated rings. The third-order valence-electron chi connectivity index (χ3n) is 1.46. The van der Waals surface area contributed by atoms with Crippen molar-refractivity contribution in [3.05, 3.63) is 23.4 Å². The fourth-order valence-electron chi connectivity index (χ4n) is 0.826. The normalized spacial score (nSPS) is 10.7. The van der Waals surface area contributed by atoms with Crippen LogP contribution in [0.15, 0.2) is 12.1 Å². The van der Waals surface area contributed by atoms with Gasteiger partial charge in [0.05, 0.1) is 11.3 Å². The van der Waals surface area contributed by atoms with E-state index in [0.717, 1.165) is 0 Å². The Bertz CT molecular complexity index is 275. The maximum Gasteiger partial charge on any atom is 0.267 e. The number of anilines is 1. The molecule has 0 aromatic carbocycles. The molecule has 1 aromatic rings. The molecule has 0 amide bonds. The summed E-state index contributed by atoms with van der Waals surface area (Å²) in [7, 11) is 0. The molecule has 0 bridgehead atoms. The molecule has 0 atom stereocenters. The molecule has 0 radical (unpaired) electrons. The van der Waals surface area contributed by atoms with Crippen molar-refractivity contribution in [2.75, 3.05) is 5.73 Å². The molecule has 0 saturated carbocycles. The molecule has 0 unspecified atom stereocenters. The van der Waals surface area contributed by atoms with Crippen LogP contribution in [0.25, 0.3) is 0 Å². The van der Waals surface area contributed by atoms with Crippen molar-refractivity contribution in [2.45, 2.75) is 13.0 Å². The van der Waals surface area contributed by atoms with Crippen molar-refractivity contribution in [1.82, 2.24) is 4.98 Å². The van der Waals surface area contributed by atoms with Crippen LogP contribution in [0, 0.1) is 0 Å². The van der Waals surface area contributed by atoms with E-state index in [9.17, 15) is 8.78 Å². The van der Waals surface area contributed by atoms with Crippen LogP contribution >= 0.6 is 0 Å². The van der Waals surface area contributed by atoms with Gasteiger partial charge in [0.2, 0.25) is 0 Å². The van der Waals surface area contributed by atoms with Crippen molar-refractivity contribution in [1.29, 1.82) is 0 Å². The Morgan fingerprint density at radius 1 is 1.42 bits per heavy atom. The van der Waals surface area contributed by atoms with Crippen LogP contribution in [0.5, 0.6) is 0 Å². The molecule has 0 aliphatic carbocycles. The molecule has 1 rings (SSSR count). The van der Waals surface area contributed by atoms with Gasteiger partial charge in [-0.05, 0) is 12.1 Å². The number of aromatic nitrogens is 1. The largest absolute Gasteiger partial charge is 0.383 e. The molecular weight excluding hydrogens is 164 g/mol. The fraction of sp³-hybridized carbons (Fsp3) is 0.286. The zero-order valence-electron chi connectivity index (χ0n) is 6.30. The Morgan fingerprint density at radius 2 is 2.08 bits per heavy atom. The monoisotopic (exact) mass is 173 g/mol. The first-order valence-corrected chi connectivity index (χ1v) is 3.38. The fourth-order valence-corrected chi connectivity index (χ4v) is 0.826. The predicted molar refractivity (Wildman–Crippen MR) is 41.5 cm³/mol. The van der Waals surface area contributed by atoms with Crippen LogP contribution in [0.4, 0.5) is 14.6 Å². The average Bonchev–Trinajstić information content (AvgIpc) is 2.03. The minimum absolute atomic E-state index is 0.145. The van der Waals surface area contributed by atoms with Gasteiger partial charge in [0.15, 0.2) is 0 Å². The number of alkyl halides is 2. The molecule has 0 aliphatic heterocycles. The number of hydrogen-bond donors (Lipinski definition) is 2. The van der Waals surface area contributed by atoms with E-state index >= 15 is 0 Å². The van der Waals surface area contributed by atoms with Gasteiger partial charge in [-0.3, -0.25) is 0 Å². The lowest BCUT2D eigenvalue weighted by Crippen LogP contribution is -2.04. The molecule has 1 aromatic heterocycles. The van der Waals surface area contributed by atoms with Crippen LogP contribution < -0.4 is 11.5 Å². The van der Waals surface area contributed by atoms with E-state index in [0.29, 0.717) is 5.69 Å². The molecule has 4 N–H and O–H groups in total. The number of pyridine rings is 1. The maximum atomic E-state index is 12.1. The molecular formula is C7H9F2N3. The Labute approximate surface area is 68.4 Å². The first-order valence-electron chi connectivity index (χ1n) is 3.38. The van der Waals surface area contributed by atoms with E-state index in [1.807, 2.05) is 0 Å². The van der Waals surface area contributed by atoms with Crippen molar-refractivity contribution in [3.63, 3.8) is 0 Å². The average molecular weight is 173 g/mol. The number of nitrogen functional groups attached to an aromatic ring is 1. The number of nitrogens with zero attached hydrogens (tertiary/aromatic N) is 1. The summed E-state index contributed by atoms with van der Waals surface area (Å²) in [6, 6.07) is 2.69. The summed E-state index contributed by atoms with van der Waals surface area (Å²) in [6.07, 6.45) is -2.58.